The Kier molecular flexibility index (Phi) is 6.79. The molecule has 0 aliphatic heterocycles. The number of nitrogens with zero attached hydrogens (tertiary/aromatic N) is 2. The van der Waals surface area contributed by atoms with E-state index >= 15 is 0 Å². The van der Waals surface area contributed by atoms with Gasteiger partial charge in [0.15, 0.2) is 5.69 Å². The lowest BCUT2D eigenvalue weighted by Gasteiger charge is -2.09. The van der Waals surface area contributed by atoms with E-state index in [1.807, 2.05) is 48.5 Å². The molecule has 29 heavy (non-hydrogen) atoms. The van der Waals surface area contributed by atoms with Crippen LogP contribution in [0.4, 0.5) is 11.5 Å². The molecule has 0 aliphatic rings. The van der Waals surface area contributed by atoms with Crippen LogP contribution in [-0.2, 0) is 6.42 Å². The van der Waals surface area contributed by atoms with Crippen LogP contribution in [-0.4, -0.2) is 29.8 Å². The predicted octanol–water partition coefficient (Wildman–Crippen LogP) is 4.52. The highest BCUT2D eigenvalue weighted by Gasteiger charge is 2.09. The van der Waals surface area contributed by atoms with Gasteiger partial charge in [-0.1, -0.05) is 38.1 Å². The Hall–Kier alpha value is -3.41. The summed E-state index contributed by atoms with van der Waals surface area (Å²) in [6.45, 7) is 4.99. The van der Waals surface area contributed by atoms with Crippen LogP contribution in [0, 0.1) is 0 Å². The molecule has 6 heteroatoms. The maximum Gasteiger partial charge on any atom is 0.276 e. The quantitative estimate of drug-likeness (QED) is 0.592. The van der Waals surface area contributed by atoms with Gasteiger partial charge in [0.2, 0.25) is 0 Å². The molecule has 0 bridgehead atoms. The number of nitrogens with one attached hydrogen (secondary N) is 2. The second kappa shape index (κ2) is 9.68. The van der Waals surface area contributed by atoms with E-state index in [2.05, 4.69) is 34.7 Å². The number of hydrogen-bond donors (Lipinski definition) is 2. The molecule has 0 spiro atoms. The van der Waals surface area contributed by atoms with Gasteiger partial charge in [-0.05, 0) is 59.9 Å². The van der Waals surface area contributed by atoms with E-state index < -0.39 is 0 Å². The summed E-state index contributed by atoms with van der Waals surface area (Å²) in [4.78, 5) is 12.4. The number of amides is 1. The molecule has 6 nitrogen and oxygen atoms in total. The molecule has 0 saturated carbocycles. The summed E-state index contributed by atoms with van der Waals surface area (Å²) in [5.74, 6) is 1.66. The zero-order valence-electron chi connectivity index (χ0n) is 17.0. The first-order valence-electron chi connectivity index (χ1n) is 9.67. The molecular weight excluding hydrogens is 364 g/mol. The van der Waals surface area contributed by atoms with Crippen LogP contribution in [0.15, 0.2) is 60.7 Å². The average Bonchev–Trinajstić information content (AvgIpc) is 2.75. The van der Waals surface area contributed by atoms with Crippen LogP contribution in [0.2, 0.25) is 0 Å². The highest BCUT2D eigenvalue weighted by atomic mass is 16.5. The smallest absolute Gasteiger partial charge is 0.276 e. The average molecular weight is 390 g/mol. The number of benzene rings is 2. The van der Waals surface area contributed by atoms with Gasteiger partial charge in [0.1, 0.15) is 11.6 Å². The molecular formula is C23H26N4O2. The van der Waals surface area contributed by atoms with Crippen molar-refractivity contribution in [2.75, 3.05) is 24.3 Å². The molecule has 1 amide bonds. The monoisotopic (exact) mass is 390 g/mol. The number of carbonyl (C=O) groups is 1. The third-order valence-electron chi connectivity index (χ3n) is 4.61. The summed E-state index contributed by atoms with van der Waals surface area (Å²) in [6, 6.07) is 19.2. The van der Waals surface area contributed by atoms with Crippen LogP contribution in [0.1, 0.15) is 41.4 Å². The maximum absolute atomic E-state index is 12.4. The van der Waals surface area contributed by atoms with Crippen molar-refractivity contribution in [2.24, 2.45) is 0 Å². The van der Waals surface area contributed by atoms with Crippen LogP contribution in [0.5, 0.6) is 5.75 Å². The van der Waals surface area contributed by atoms with Gasteiger partial charge >= 0.3 is 0 Å². The summed E-state index contributed by atoms with van der Waals surface area (Å²) in [5, 5.41) is 14.2. The summed E-state index contributed by atoms with van der Waals surface area (Å²) in [5.41, 5.74) is 3.44. The van der Waals surface area contributed by atoms with Gasteiger partial charge in [-0.25, -0.2) is 0 Å². The topological polar surface area (TPSA) is 76.1 Å². The van der Waals surface area contributed by atoms with Gasteiger partial charge < -0.3 is 15.4 Å². The lowest BCUT2D eigenvalue weighted by Crippen LogP contribution is -2.15. The predicted molar refractivity (Wildman–Crippen MR) is 116 cm³/mol. The first kappa shape index (κ1) is 20.3. The first-order valence-corrected chi connectivity index (χ1v) is 9.67. The highest BCUT2D eigenvalue weighted by Crippen LogP contribution is 2.17. The van der Waals surface area contributed by atoms with Crippen molar-refractivity contribution in [1.29, 1.82) is 0 Å². The number of carbonyl (C=O) groups excluding carboxylic acids is 1. The van der Waals surface area contributed by atoms with Crippen molar-refractivity contribution >= 4 is 17.4 Å². The molecule has 1 heterocycles. The minimum absolute atomic E-state index is 0.277. The van der Waals surface area contributed by atoms with Gasteiger partial charge in [0.25, 0.3) is 5.91 Å². The van der Waals surface area contributed by atoms with Gasteiger partial charge in [-0.2, -0.15) is 0 Å². The Labute approximate surface area is 171 Å². The van der Waals surface area contributed by atoms with Crippen molar-refractivity contribution in [2.45, 2.75) is 26.2 Å². The third-order valence-corrected chi connectivity index (χ3v) is 4.61. The van der Waals surface area contributed by atoms with E-state index in [1.165, 1.54) is 11.1 Å². The van der Waals surface area contributed by atoms with Crippen molar-refractivity contribution in [1.82, 2.24) is 10.2 Å². The minimum Gasteiger partial charge on any atom is -0.497 e. The molecule has 0 unspecified atom stereocenters. The fourth-order valence-electron chi connectivity index (χ4n) is 2.82. The largest absolute Gasteiger partial charge is 0.497 e. The molecule has 3 rings (SSSR count). The Morgan fingerprint density at radius 1 is 0.966 bits per heavy atom. The van der Waals surface area contributed by atoms with Crippen LogP contribution < -0.4 is 15.4 Å². The number of hydrogen-bond acceptors (Lipinski definition) is 5. The normalized spacial score (nSPS) is 10.6. The van der Waals surface area contributed by atoms with E-state index in [1.54, 1.807) is 19.2 Å². The van der Waals surface area contributed by atoms with Crippen molar-refractivity contribution < 1.29 is 9.53 Å². The lowest BCUT2D eigenvalue weighted by molar-refractivity contribution is 0.102. The van der Waals surface area contributed by atoms with Gasteiger partial charge in [0, 0.05) is 12.2 Å². The van der Waals surface area contributed by atoms with Crippen molar-refractivity contribution in [3.05, 3.63) is 77.5 Å². The maximum atomic E-state index is 12.4. The molecule has 0 saturated heterocycles. The van der Waals surface area contributed by atoms with E-state index in [4.69, 9.17) is 4.74 Å². The van der Waals surface area contributed by atoms with Crippen molar-refractivity contribution in [3.8, 4) is 5.75 Å². The third kappa shape index (κ3) is 5.78. The van der Waals surface area contributed by atoms with E-state index in [0.717, 1.165) is 24.4 Å². The standard InChI is InChI=1S/C23H26N4O2/c1-16(2)18-6-8-19(9-7-18)25-23(28)21-12-13-22(27-26-21)24-15-14-17-4-10-20(29-3)11-5-17/h4-13,16H,14-15H2,1-3H3,(H,24,27)(H,25,28). The molecule has 2 N–H and O–H groups in total. The summed E-state index contributed by atoms with van der Waals surface area (Å²) >= 11 is 0. The van der Waals surface area contributed by atoms with Crippen LogP contribution in [0.3, 0.4) is 0 Å². The molecule has 3 aromatic rings. The molecule has 0 atom stereocenters. The van der Waals surface area contributed by atoms with E-state index in [9.17, 15) is 4.79 Å². The SMILES string of the molecule is COc1ccc(CCNc2ccc(C(=O)Nc3ccc(C(C)C)cc3)nn2)cc1. The first-order chi connectivity index (χ1) is 14.0. The second-order valence-corrected chi connectivity index (χ2v) is 7.06. The molecule has 0 radical (unpaired) electrons. The fourth-order valence-corrected chi connectivity index (χ4v) is 2.82. The number of rotatable bonds is 8. The minimum atomic E-state index is -0.278. The van der Waals surface area contributed by atoms with Gasteiger partial charge in [0.05, 0.1) is 7.11 Å². The molecule has 0 fully saturated rings. The van der Waals surface area contributed by atoms with Crippen molar-refractivity contribution in [3.63, 3.8) is 0 Å². The van der Waals surface area contributed by atoms with Crippen LogP contribution >= 0.6 is 0 Å². The summed E-state index contributed by atoms with van der Waals surface area (Å²) in [7, 11) is 1.65. The number of aromatic nitrogens is 2. The van der Waals surface area contributed by atoms with Crippen LogP contribution in [0.25, 0.3) is 0 Å². The molecule has 1 aromatic heterocycles. The summed E-state index contributed by atoms with van der Waals surface area (Å²) in [6.07, 6.45) is 0.848. The Bertz CT molecular complexity index is 921. The lowest BCUT2D eigenvalue weighted by atomic mass is 10.0. The number of anilines is 2. The Balaban J connectivity index is 1.50. The summed E-state index contributed by atoms with van der Waals surface area (Å²) < 4.78 is 5.16. The molecule has 150 valence electrons. The zero-order chi connectivity index (χ0) is 20.6. The number of methoxy groups -OCH3 is 1. The van der Waals surface area contributed by atoms with E-state index in [0.29, 0.717) is 11.7 Å². The van der Waals surface area contributed by atoms with Gasteiger partial charge in [-0.3, -0.25) is 4.79 Å². The second-order valence-electron chi connectivity index (χ2n) is 7.06. The molecule has 2 aromatic carbocycles. The zero-order valence-corrected chi connectivity index (χ0v) is 17.0. The molecule has 0 aliphatic carbocycles. The Morgan fingerprint density at radius 2 is 1.69 bits per heavy atom. The van der Waals surface area contributed by atoms with E-state index in [-0.39, 0.29) is 11.6 Å². The van der Waals surface area contributed by atoms with Gasteiger partial charge in [-0.15, -0.1) is 10.2 Å². The Morgan fingerprint density at radius 3 is 2.28 bits per heavy atom. The number of ether oxygens (including phenoxy) is 1. The fraction of sp³-hybridized carbons (Fsp3) is 0.261. The highest BCUT2D eigenvalue weighted by molar-refractivity contribution is 6.02.